The molecule has 0 saturated carbocycles. The fourth-order valence-corrected chi connectivity index (χ4v) is 3.26. The molecule has 112 valence electrons. The lowest BCUT2D eigenvalue weighted by molar-refractivity contribution is -0.382. The molecule has 2 aromatic carbocycles. The van der Waals surface area contributed by atoms with Gasteiger partial charge in [-0.25, -0.2) is 4.63 Å². The maximum atomic E-state index is 11.4. The Labute approximate surface area is 144 Å². The SMILES string of the molecule is O=[N+]([O-])c1c(Nc2cc(Cl)c(I)cc2P)ccc2nonc12. The van der Waals surface area contributed by atoms with Gasteiger partial charge in [0.25, 0.3) is 0 Å². The van der Waals surface area contributed by atoms with Gasteiger partial charge in [0.05, 0.1) is 9.95 Å². The van der Waals surface area contributed by atoms with Crippen molar-refractivity contribution in [3.05, 3.63) is 43.0 Å². The van der Waals surface area contributed by atoms with Crippen LogP contribution in [0.25, 0.3) is 11.0 Å². The van der Waals surface area contributed by atoms with Gasteiger partial charge in [-0.15, -0.1) is 9.24 Å². The Morgan fingerprint density at radius 2 is 2.09 bits per heavy atom. The van der Waals surface area contributed by atoms with Crippen LogP contribution in [0.15, 0.2) is 28.9 Å². The van der Waals surface area contributed by atoms with Crippen molar-refractivity contribution in [2.45, 2.75) is 0 Å². The molecule has 3 aromatic rings. The third kappa shape index (κ3) is 2.73. The minimum absolute atomic E-state index is 0.0944. The zero-order valence-corrected chi connectivity index (χ0v) is 14.8. The zero-order chi connectivity index (χ0) is 15.9. The maximum Gasteiger partial charge on any atom is 0.323 e. The number of rotatable bonds is 3. The number of nitro groups is 1. The molecule has 0 radical (unpaired) electrons. The van der Waals surface area contributed by atoms with Gasteiger partial charge in [0.15, 0.2) is 0 Å². The smallest absolute Gasteiger partial charge is 0.323 e. The number of benzene rings is 2. The first kappa shape index (κ1) is 15.4. The molecule has 0 spiro atoms. The van der Waals surface area contributed by atoms with Gasteiger partial charge in [-0.05, 0) is 62.5 Å². The first-order valence-corrected chi connectivity index (χ1v) is 7.92. The van der Waals surface area contributed by atoms with Crippen molar-refractivity contribution in [3.63, 3.8) is 0 Å². The van der Waals surface area contributed by atoms with E-state index in [2.05, 4.69) is 52.1 Å². The molecule has 1 unspecified atom stereocenters. The van der Waals surface area contributed by atoms with E-state index in [1.165, 1.54) is 0 Å². The first-order valence-electron chi connectivity index (χ1n) is 5.88. The molecule has 0 amide bonds. The van der Waals surface area contributed by atoms with Gasteiger partial charge in [-0.2, -0.15) is 0 Å². The lowest BCUT2D eigenvalue weighted by atomic mass is 10.2. The molecule has 1 heterocycles. The Morgan fingerprint density at radius 1 is 1.32 bits per heavy atom. The summed E-state index contributed by atoms with van der Waals surface area (Å²) in [5.41, 5.74) is 1.15. The van der Waals surface area contributed by atoms with E-state index in [0.29, 0.717) is 16.2 Å². The van der Waals surface area contributed by atoms with Gasteiger partial charge in [0.2, 0.25) is 5.52 Å². The number of nitro benzene ring substituents is 1. The summed E-state index contributed by atoms with van der Waals surface area (Å²) in [7, 11) is 2.56. The molecular formula is C12H7ClIN4O3P. The molecule has 0 aliphatic rings. The van der Waals surface area contributed by atoms with Crippen molar-refractivity contribution in [1.29, 1.82) is 0 Å². The summed E-state index contributed by atoms with van der Waals surface area (Å²) in [4.78, 5) is 10.8. The summed E-state index contributed by atoms with van der Waals surface area (Å²) in [5, 5.41) is 23.0. The van der Waals surface area contributed by atoms with Crippen molar-refractivity contribution in [2.75, 3.05) is 5.32 Å². The van der Waals surface area contributed by atoms with E-state index < -0.39 is 4.92 Å². The summed E-state index contributed by atoms with van der Waals surface area (Å²) in [5.74, 6) is 0. The number of hydrogen-bond acceptors (Lipinski definition) is 6. The summed E-state index contributed by atoms with van der Waals surface area (Å²) < 4.78 is 5.45. The zero-order valence-electron chi connectivity index (χ0n) is 10.7. The normalized spacial score (nSPS) is 10.9. The van der Waals surface area contributed by atoms with Crippen molar-refractivity contribution >= 4 is 76.8 Å². The summed E-state index contributed by atoms with van der Waals surface area (Å²) >= 11 is 8.22. The van der Waals surface area contributed by atoms with E-state index >= 15 is 0 Å². The lowest BCUT2D eigenvalue weighted by Gasteiger charge is -2.11. The molecular weight excluding hydrogens is 441 g/mol. The van der Waals surface area contributed by atoms with Gasteiger partial charge in [0, 0.05) is 9.26 Å². The van der Waals surface area contributed by atoms with Crippen LogP contribution in [0.4, 0.5) is 17.1 Å². The molecule has 0 fully saturated rings. The largest absolute Gasteiger partial charge is 0.349 e. The molecule has 0 bridgehead atoms. The Morgan fingerprint density at radius 3 is 2.82 bits per heavy atom. The van der Waals surface area contributed by atoms with E-state index in [1.54, 1.807) is 18.2 Å². The second kappa shape index (κ2) is 5.94. The van der Waals surface area contributed by atoms with Crippen LogP contribution in [0, 0.1) is 13.7 Å². The molecule has 1 N–H and O–H groups in total. The Balaban J connectivity index is 2.13. The minimum Gasteiger partial charge on any atom is -0.349 e. The van der Waals surface area contributed by atoms with Crippen molar-refractivity contribution < 1.29 is 9.55 Å². The Bertz CT molecular complexity index is 901. The van der Waals surface area contributed by atoms with Crippen LogP contribution in [0.2, 0.25) is 5.02 Å². The fraction of sp³-hybridized carbons (Fsp3) is 0. The average Bonchev–Trinajstić information content (AvgIpc) is 2.92. The Hall–Kier alpha value is -1.51. The second-order valence-electron chi connectivity index (χ2n) is 4.33. The Kier molecular flexibility index (Phi) is 4.16. The second-order valence-corrected chi connectivity index (χ2v) is 6.52. The van der Waals surface area contributed by atoms with E-state index in [0.717, 1.165) is 8.87 Å². The van der Waals surface area contributed by atoms with Gasteiger partial charge >= 0.3 is 5.69 Å². The highest BCUT2D eigenvalue weighted by Crippen LogP contribution is 2.34. The first-order chi connectivity index (χ1) is 10.5. The van der Waals surface area contributed by atoms with Gasteiger partial charge in [-0.3, -0.25) is 10.1 Å². The number of nitrogens with zero attached hydrogens (tertiary/aromatic N) is 3. The number of anilines is 2. The summed E-state index contributed by atoms with van der Waals surface area (Å²) in [6.45, 7) is 0. The molecule has 0 aliphatic heterocycles. The third-order valence-corrected chi connectivity index (χ3v) is 4.95. The fourth-order valence-electron chi connectivity index (χ4n) is 1.94. The van der Waals surface area contributed by atoms with Crippen LogP contribution in [-0.2, 0) is 0 Å². The highest BCUT2D eigenvalue weighted by Gasteiger charge is 2.23. The predicted molar refractivity (Wildman–Crippen MR) is 95.3 cm³/mol. The van der Waals surface area contributed by atoms with Crippen LogP contribution < -0.4 is 10.6 Å². The van der Waals surface area contributed by atoms with Gasteiger partial charge < -0.3 is 5.32 Å². The van der Waals surface area contributed by atoms with E-state index in [4.69, 9.17) is 11.6 Å². The standard InChI is InChI=1S/C12H7ClIN4O3P/c13-5-3-9(10(22)4-6(5)14)15-8-2-1-7-11(17-21-16-7)12(8)18(19)20/h1-4,15H,22H2. The van der Waals surface area contributed by atoms with Crippen LogP contribution in [0.1, 0.15) is 0 Å². The number of fused-ring (bicyclic) bond motifs is 1. The van der Waals surface area contributed by atoms with Crippen molar-refractivity contribution in [3.8, 4) is 0 Å². The predicted octanol–water partition coefficient (Wildman–Crippen LogP) is 3.63. The molecule has 0 saturated heterocycles. The minimum atomic E-state index is -0.522. The monoisotopic (exact) mass is 448 g/mol. The molecule has 1 atom stereocenters. The third-order valence-electron chi connectivity index (χ3n) is 2.95. The maximum absolute atomic E-state index is 11.4. The van der Waals surface area contributed by atoms with Crippen LogP contribution in [0.5, 0.6) is 0 Å². The number of halogens is 2. The topological polar surface area (TPSA) is 94.1 Å². The molecule has 0 aliphatic carbocycles. The number of nitrogens with one attached hydrogen (secondary N) is 1. The quantitative estimate of drug-likeness (QED) is 0.285. The summed E-state index contributed by atoms with van der Waals surface area (Å²) in [6, 6.07) is 6.72. The molecule has 22 heavy (non-hydrogen) atoms. The highest BCUT2D eigenvalue weighted by molar-refractivity contribution is 14.1. The van der Waals surface area contributed by atoms with E-state index in [-0.39, 0.29) is 16.9 Å². The summed E-state index contributed by atoms with van der Waals surface area (Å²) in [6.07, 6.45) is 0. The van der Waals surface area contributed by atoms with Crippen molar-refractivity contribution in [2.24, 2.45) is 0 Å². The van der Waals surface area contributed by atoms with Gasteiger partial charge in [0.1, 0.15) is 11.2 Å². The average molecular weight is 449 g/mol. The van der Waals surface area contributed by atoms with E-state index in [1.807, 2.05) is 6.07 Å². The number of aromatic nitrogens is 2. The van der Waals surface area contributed by atoms with Crippen LogP contribution >= 0.6 is 43.4 Å². The molecule has 7 nitrogen and oxygen atoms in total. The lowest BCUT2D eigenvalue weighted by Crippen LogP contribution is -2.05. The van der Waals surface area contributed by atoms with Crippen LogP contribution in [-0.4, -0.2) is 15.2 Å². The van der Waals surface area contributed by atoms with Gasteiger partial charge in [-0.1, -0.05) is 11.6 Å². The molecule has 10 heteroatoms. The molecule has 3 rings (SSSR count). The molecule has 1 aromatic heterocycles. The van der Waals surface area contributed by atoms with Crippen LogP contribution in [0.3, 0.4) is 0 Å². The van der Waals surface area contributed by atoms with E-state index in [9.17, 15) is 10.1 Å². The van der Waals surface area contributed by atoms with Crippen molar-refractivity contribution in [1.82, 2.24) is 10.3 Å². The highest BCUT2D eigenvalue weighted by atomic mass is 127. The number of hydrogen-bond donors (Lipinski definition) is 1.